The molecule has 1 aromatic carbocycles. The molecule has 1 aromatic rings. The monoisotopic (exact) mass is 331 g/mol. The molecule has 5 nitrogen and oxygen atoms in total. The van der Waals surface area contributed by atoms with Crippen molar-refractivity contribution in [3.8, 4) is 0 Å². The standard InChI is InChI=1S/C19H29N3O2/c1-2-3-13-21-18(24)19(11-5-4-6-12-19)22-17(23)14-15-7-9-16(20)10-8-15/h7-10H,2-6,11-14,20H2,1H3,(H,21,24)(H,22,23). The second kappa shape index (κ2) is 8.71. The maximum Gasteiger partial charge on any atom is 0.245 e. The van der Waals surface area contributed by atoms with Crippen LogP contribution in [0.25, 0.3) is 0 Å². The molecule has 24 heavy (non-hydrogen) atoms. The number of carbonyl (C=O) groups is 2. The van der Waals surface area contributed by atoms with Crippen molar-refractivity contribution in [2.75, 3.05) is 12.3 Å². The molecule has 0 spiro atoms. The van der Waals surface area contributed by atoms with E-state index in [0.29, 0.717) is 12.2 Å². The number of carbonyl (C=O) groups excluding carboxylic acids is 2. The SMILES string of the molecule is CCCCNC(=O)C1(NC(=O)Cc2ccc(N)cc2)CCCCC1. The molecule has 0 heterocycles. The number of amides is 2. The van der Waals surface area contributed by atoms with Crippen molar-refractivity contribution in [2.45, 2.75) is 63.8 Å². The molecule has 0 radical (unpaired) electrons. The molecule has 1 saturated carbocycles. The van der Waals surface area contributed by atoms with E-state index in [1.54, 1.807) is 12.1 Å². The van der Waals surface area contributed by atoms with Gasteiger partial charge >= 0.3 is 0 Å². The second-order valence-electron chi connectivity index (χ2n) is 6.72. The summed E-state index contributed by atoms with van der Waals surface area (Å²) in [6, 6.07) is 7.28. The molecule has 0 aliphatic heterocycles. The van der Waals surface area contributed by atoms with E-state index in [-0.39, 0.29) is 18.2 Å². The summed E-state index contributed by atoms with van der Waals surface area (Å²) in [5.74, 6) is -0.131. The Morgan fingerprint density at radius 2 is 1.79 bits per heavy atom. The molecule has 1 fully saturated rings. The van der Waals surface area contributed by atoms with Crippen LogP contribution < -0.4 is 16.4 Å². The summed E-state index contributed by atoms with van der Waals surface area (Å²) in [5.41, 5.74) is 6.51. The normalized spacial score (nSPS) is 16.4. The van der Waals surface area contributed by atoms with Gasteiger partial charge in [-0.05, 0) is 37.0 Å². The van der Waals surface area contributed by atoms with Gasteiger partial charge in [0.05, 0.1) is 6.42 Å². The number of hydrogen-bond acceptors (Lipinski definition) is 3. The summed E-state index contributed by atoms with van der Waals surface area (Å²) in [6.07, 6.45) is 6.78. The molecular weight excluding hydrogens is 302 g/mol. The highest BCUT2D eigenvalue weighted by atomic mass is 16.2. The average molecular weight is 331 g/mol. The van der Waals surface area contributed by atoms with Crippen LogP contribution in [0.1, 0.15) is 57.4 Å². The fraction of sp³-hybridized carbons (Fsp3) is 0.579. The van der Waals surface area contributed by atoms with Gasteiger partial charge in [-0.1, -0.05) is 44.7 Å². The Morgan fingerprint density at radius 3 is 2.42 bits per heavy atom. The van der Waals surface area contributed by atoms with Gasteiger partial charge in [-0.3, -0.25) is 9.59 Å². The number of anilines is 1. The zero-order chi connectivity index (χ0) is 17.4. The fourth-order valence-electron chi connectivity index (χ4n) is 3.24. The third-order valence-electron chi connectivity index (χ3n) is 4.68. The highest BCUT2D eigenvalue weighted by molar-refractivity contribution is 5.92. The summed E-state index contributed by atoms with van der Waals surface area (Å²) in [4.78, 5) is 25.2. The fourth-order valence-corrected chi connectivity index (χ4v) is 3.24. The summed E-state index contributed by atoms with van der Waals surface area (Å²) in [7, 11) is 0. The first-order valence-corrected chi connectivity index (χ1v) is 8.99. The van der Waals surface area contributed by atoms with E-state index in [1.165, 1.54) is 0 Å². The summed E-state index contributed by atoms with van der Waals surface area (Å²) < 4.78 is 0. The van der Waals surface area contributed by atoms with Gasteiger partial charge in [-0.25, -0.2) is 0 Å². The van der Waals surface area contributed by atoms with E-state index in [4.69, 9.17) is 5.73 Å². The van der Waals surface area contributed by atoms with Crippen molar-refractivity contribution in [3.63, 3.8) is 0 Å². The molecule has 0 unspecified atom stereocenters. The van der Waals surface area contributed by atoms with Crippen LogP contribution in [0.5, 0.6) is 0 Å². The summed E-state index contributed by atoms with van der Waals surface area (Å²) in [6.45, 7) is 2.77. The Kier molecular flexibility index (Phi) is 6.64. The van der Waals surface area contributed by atoms with Crippen LogP contribution in [0, 0.1) is 0 Å². The van der Waals surface area contributed by atoms with Gasteiger partial charge in [0, 0.05) is 12.2 Å². The predicted octanol–water partition coefficient (Wildman–Crippen LogP) is 2.55. The summed E-state index contributed by atoms with van der Waals surface area (Å²) in [5, 5.41) is 6.04. The smallest absolute Gasteiger partial charge is 0.245 e. The maximum atomic E-state index is 12.7. The number of unbranched alkanes of at least 4 members (excludes halogenated alkanes) is 1. The van der Waals surface area contributed by atoms with Crippen molar-refractivity contribution in [1.29, 1.82) is 0 Å². The third-order valence-corrected chi connectivity index (χ3v) is 4.68. The molecule has 132 valence electrons. The lowest BCUT2D eigenvalue weighted by molar-refractivity contribution is -0.134. The lowest BCUT2D eigenvalue weighted by atomic mass is 9.80. The Balaban J connectivity index is 2.00. The highest BCUT2D eigenvalue weighted by Gasteiger charge is 2.40. The minimum absolute atomic E-state index is 0.0266. The first-order valence-electron chi connectivity index (χ1n) is 8.99. The van der Waals surface area contributed by atoms with Gasteiger partial charge in [0.25, 0.3) is 0 Å². The number of hydrogen-bond donors (Lipinski definition) is 3. The van der Waals surface area contributed by atoms with Crippen LogP contribution >= 0.6 is 0 Å². The van der Waals surface area contributed by atoms with E-state index in [9.17, 15) is 9.59 Å². The lowest BCUT2D eigenvalue weighted by Crippen LogP contribution is -2.60. The van der Waals surface area contributed by atoms with Crippen LogP contribution in [0.4, 0.5) is 5.69 Å². The molecule has 1 aliphatic rings. The minimum atomic E-state index is -0.739. The topological polar surface area (TPSA) is 84.2 Å². The van der Waals surface area contributed by atoms with E-state index in [2.05, 4.69) is 17.6 Å². The van der Waals surface area contributed by atoms with E-state index in [1.807, 2.05) is 12.1 Å². The second-order valence-corrected chi connectivity index (χ2v) is 6.72. The predicted molar refractivity (Wildman–Crippen MR) is 96.4 cm³/mol. The van der Waals surface area contributed by atoms with Gasteiger partial charge in [-0.2, -0.15) is 0 Å². The van der Waals surface area contributed by atoms with E-state index >= 15 is 0 Å². The number of nitrogens with one attached hydrogen (secondary N) is 2. The van der Waals surface area contributed by atoms with Gasteiger partial charge in [0.15, 0.2) is 0 Å². The molecule has 2 amide bonds. The van der Waals surface area contributed by atoms with Gasteiger partial charge in [-0.15, -0.1) is 0 Å². The van der Waals surface area contributed by atoms with Crippen LogP contribution in [-0.2, 0) is 16.0 Å². The van der Waals surface area contributed by atoms with Crippen LogP contribution in [-0.4, -0.2) is 23.9 Å². The molecule has 0 saturated heterocycles. The zero-order valence-corrected chi connectivity index (χ0v) is 14.6. The Hall–Kier alpha value is -2.04. The van der Waals surface area contributed by atoms with Gasteiger partial charge in [0.2, 0.25) is 11.8 Å². The van der Waals surface area contributed by atoms with Crippen molar-refractivity contribution in [2.24, 2.45) is 0 Å². The zero-order valence-electron chi connectivity index (χ0n) is 14.6. The molecular formula is C19H29N3O2. The van der Waals surface area contributed by atoms with Crippen LogP contribution in [0.2, 0.25) is 0 Å². The molecule has 4 N–H and O–H groups in total. The maximum absolute atomic E-state index is 12.7. The molecule has 0 atom stereocenters. The highest BCUT2D eigenvalue weighted by Crippen LogP contribution is 2.28. The number of benzene rings is 1. The molecule has 2 rings (SSSR count). The van der Waals surface area contributed by atoms with Crippen LogP contribution in [0.15, 0.2) is 24.3 Å². The van der Waals surface area contributed by atoms with Gasteiger partial charge in [0.1, 0.15) is 5.54 Å². The molecule has 1 aliphatic carbocycles. The third kappa shape index (κ3) is 4.98. The number of rotatable bonds is 7. The van der Waals surface area contributed by atoms with Gasteiger partial charge < -0.3 is 16.4 Å². The van der Waals surface area contributed by atoms with E-state index < -0.39 is 5.54 Å². The average Bonchev–Trinajstić information content (AvgIpc) is 2.58. The first kappa shape index (κ1) is 18.3. The Labute approximate surface area is 144 Å². The van der Waals surface area contributed by atoms with Crippen LogP contribution in [0.3, 0.4) is 0 Å². The van der Waals surface area contributed by atoms with E-state index in [0.717, 1.165) is 50.5 Å². The molecule has 0 bridgehead atoms. The van der Waals surface area contributed by atoms with Crippen molar-refractivity contribution >= 4 is 17.5 Å². The van der Waals surface area contributed by atoms with Crippen molar-refractivity contribution in [3.05, 3.63) is 29.8 Å². The number of nitrogen functional groups attached to an aromatic ring is 1. The quantitative estimate of drug-likeness (QED) is 0.530. The number of nitrogens with two attached hydrogens (primary N) is 1. The largest absolute Gasteiger partial charge is 0.399 e. The van der Waals surface area contributed by atoms with Crippen molar-refractivity contribution in [1.82, 2.24) is 10.6 Å². The molecule has 5 heteroatoms. The Morgan fingerprint density at radius 1 is 1.12 bits per heavy atom. The summed E-state index contributed by atoms with van der Waals surface area (Å²) >= 11 is 0. The lowest BCUT2D eigenvalue weighted by Gasteiger charge is -2.36. The Bertz CT molecular complexity index is 548. The van der Waals surface area contributed by atoms with Crippen molar-refractivity contribution < 1.29 is 9.59 Å². The molecule has 0 aromatic heterocycles. The minimum Gasteiger partial charge on any atom is -0.399 e. The first-order chi connectivity index (χ1) is 11.6.